The van der Waals surface area contributed by atoms with Crippen LogP contribution in [0.4, 0.5) is 0 Å². The topological polar surface area (TPSA) is 127 Å². The number of allylic oxidation sites excluding steroid dienone is 6. The van der Waals surface area contributed by atoms with Crippen LogP contribution in [0.25, 0.3) is 0 Å². The molecule has 0 fully saturated rings. The largest absolute Gasteiger partial charge is 0.508 e. The quantitative estimate of drug-likeness (QED) is 0.280. The van der Waals surface area contributed by atoms with Crippen LogP contribution in [0.5, 0.6) is 28.7 Å². The van der Waals surface area contributed by atoms with E-state index in [9.17, 15) is 30.3 Å². The number of ketones is 1. The lowest BCUT2D eigenvalue weighted by Gasteiger charge is -2.31. The van der Waals surface area contributed by atoms with Gasteiger partial charge in [-0.05, 0) is 71.9 Å². The number of fused-ring (bicyclic) bond motifs is 1. The summed E-state index contributed by atoms with van der Waals surface area (Å²) in [6.07, 6.45) is 5.31. The van der Waals surface area contributed by atoms with Crippen LogP contribution in [-0.4, -0.2) is 37.4 Å². The first-order valence-corrected chi connectivity index (χ1v) is 12.3. The number of aliphatic hydroxyl groups excluding tert-OH is 1. The molecule has 2 aromatic carbocycles. The lowest BCUT2D eigenvalue weighted by atomic mass is 9.88. The third-order valence-corrected chi connectivity index (χ3v) is 6.38. The SMILES string of the molecule is CC(C)=CCCC(C)=CCc1c(O)c(CC=C(C)C)cc(C2Oc3cc(O)cc(O)c3C(=O)C2O)c1O. The number of hydrogen-bond acceptors (Lipinski definition) is 7. The van der Waals surface area contributed by atoms with Crippen molar-refractivity contribution >= 4 is 5.78 Å². The fourth-order valence-electron chi connectivity index (χ4n) is 4.30. The van der Waals surface area contributed by atoms with E-state index in [1.165, 1.54) is 17.7 Å². The summed E-state index contributed by atoms with van der Waals surface area (Å²) < 4.78 is 5.85. The van der Waals surface area contributed by atoms with Gasteiger partial charge in [0, 0.05) is 23.3 Å². The van der Waals surface area contributed by atoms with Crippen LogP contribution >= 0.6 is 0 Å². The first kappa shape index (κ1) is 27.9. The van der Waals surface area contributed by atoms with E-state index in [0.29, 0.717) is 12.0 Å². The Morgan fingerprint density at radius 1 is 0.892 bits per heavy atom. The summed E-state index contributed by atoms with van der Waals surface area (Å²) in [5.41, 5.74) is 4.04. The maximum Gasteiger partial charge on any atom is 0.202 e. The molecule has 7 heteroatoms. The fourth-order valence-corrected chi connectivity index (χ4v) is 4.30. The molecule has 0 bridgehead atoms. The number of rotatable bonds is 8. The normalized spacial score (nSPS) is 17.1. The minimum atomic E-state index is -1.72. The van der Waals surface area contributed by atoms with Gasteiger partial charge in [0.2, 0.25) is 5.78 Å². The number of phenolic OH excluding ortho intramolecular Hbond substituents is 4. The summed E-state index contributed by atoms with van der Waals surface area (Å²) in [5, 5.41) is 53.1. The number of benzene rings is 2. The first-order chi connectivity index (χ1) is 17.4. The van der Waals surface area contributed by atoms with Gasteiger partial charge in [0.15, 0.2) is 12.2 Å². The molecule has 0 amide bonds. The van der Waals surface area contributed by atoms with Crippen molar-refractivity contribution in [2.24, 2.45) is 0 Å². The zero-order valence-electron chi connectivity index (χ0n) is 22.0. The first-order valence-electron chi connectivity index (χ1n) is 12.3. The minimum absolute atomic E-state index is 0.0561. The molecule has 3 rings (SSSR count). The molecule has 0 saturated carbocycles. The number of aromatic hydroxyl groups is 4. The van der Waals surface area contributed by atoms with Crippen molar-refractivity contribution < 1.29 is 35.1 Å². The minimum Gasteiger partial charge on any atom is -0.508 e. The van der Waals surface area contributed by atoms with Crippen molar-refractivity contribution in [2.75, 3.05) is 0 Å². The molecular formula is C30H36O7. The standard InChI is InChI=1S/C30H36O7/c1-16(2)7-6-8-18(5)10-12-21-26(33)19(11-9-17(3)4)13-22(27(21)34)30-29(36)28(35)25-23(32)14-20(31)15-24(25)37-30/h7,9-10,13-15,29-34,36H,6,8,11-12H2,1-5H3. The van der Waals surface area contributed by atoms with Crippen molar-refractivity contribution in [3.8, 4) is 28.7 Å². The molecule has 0 aromatic heterocycles. The molecule has 37 heavy (non-hydrogen) atoms. The second kappa shape index (κ2) is 11.6. The average Bonchev–Trinajstić information content (AvgIpc) is 2.80. The molecule has 7 nitrogen and oxygen atoms in total. The molecular weight excluding hydrogens is 472 g/mol. The Kier molecular flexibility index (Phi) is 8.71. The number of ether oxygens (including phenoxy) is 1. The van der Waals surface area contributed by atoms with Crippen LogP contribution in [0.2, 0.25) is 0 Å². The van der Waals surface area contributed by atoms with Gasteiger partial charge in [-0.15, -0.1) is 0 Å². The number of carbonyl (C=O) groups excluding carboxylic acids is 1. The molecule has 198 valence electrons. The summed E-state index contributed by atoms with van der Waals surface area (Å²) in [5.74, 6) is -2.05. The highest BCUT2D eigenvalue weighted by atomic mass is 16.5. The Morgan fingerprint density at radius 2 is 1.57 bits per heavy atom. The Balaban J connectivity index is 2.07. The summed E-state index contributed by atoms with van der Waals surface area (Å²) in [6.45, 7) is 9.94. The van der Waals surface area contributed by atoms with Crippen LogP contribution in [0.3, 0.4) is 0 Å². The van der Waals surface area contributed by atoms with E-state index in [4.69, 9.17) is 4.74 Å². The van der Waals surface area contributed by atoms with Crippen LogP contribution < -0.4 is 4.74 Å². The van der Waals surface area contributed by atoms with Gasteiger partial charge in [0.05, 0.1) is 0 Å². The van der Waals surface area contributed by atoms with Crippen molar-refractivity contribution in [3.63, 3.8) is 0 Å². The molecule has 0 saturated heterocycles. The van der Waals surface area contributed by atoms with Gasteiger partial charge in [-0.3, -0.25) is 4.79 Å². The number of aliphatic hydroxyl groups is 1. The summed E-state index contributed by atoms with van der Waals surface area (Å²) in [4.78, 5) is 12.9. The van der Waals surface area contributed by atoms with Gasteiger partial charge in [0.1, 0.15) is 34.3 Å². The Bertz CT molecular complexity index is 1280. The van der Waals surface area contributed by atoms with Crippen molar-refractivity contribution in [3.05, 3.63) is 75.4 Å². The highest BCUT2D eigenvalue weighted by Gasteiger charge is 2.41. The molecule has 0 aliphatic carbocycles. The molecule has 5 N–H and O–H groups in total. The molecule has 2 aromatic rings. The maximum atomic E-state index is 12.9. The van der Waals surface area contributed by atoms with E-state index in [1.54, 1.807) is 0 Å². The molecule has 1 aliphatic rings. The number of hydrogen-bond donors (Lipinski definition) is 5. The van der Waals surface area contributed by atoms with Gasteiger partial charge >= 0.3 is 0 Å². The summed E-state index contributed by atoms with van der Waals surface area (Å²) >= 11 is 0. The molecule has 1 heterocycles. The van der Waals surface area contributed by atoms with E-state index in [0.717, 1.165) is 30.1 Å². The number of carbonyl (C=O) groups is 1. The van der Waals surface area contributed by atoms with Crippen molar-refractivity contribution in [2.45, 2.75) is 72.5 Å². The zero-order valence-corrected chi connectivity index (χ0v) is 22.0. The highest BCUT2D eigenvalue weighted by Crippen LogP contribution is 2.46. The van der Waals surface area contributed by atoms with E-state index in [-0.39, 0.29) is 46.1 Å². The molecule has 1 aliphatic heterocycles. The van der Waals surface area contributed by atoms with Crippen LogP contribution in [0.15, 0.2) is 53.1 Å². The Morgan fingerprint density at radius 3 is 2.22 bits per heavy atom. The monoisotopic (exact) mass is 508 g/mol. The van der Waals surface area contributed by atoms with Crippen molar-refractivity contribution in [1.82, 2.24) is 0 Å². The maximum absolute atomic E-state index is 12.9. The third-order valence-electron chi connectivity index (χ3n) is 6.38. The van der Waals surface area contributed by atoms with E-state index >= 15 is 0 Å². The second-order valence-corrected chi connectivity index (χ2v) is 10.0. The van der Waals surface area contributed by atoms with Crippen LogP contribution in [0.1, 0.15) is 80.6 Å². The molecule has 0 radical (unpaired) electrons. The zero-order chi connectivity index (χ0) is 27.4. The molecule has 0 spiro atoms. The van der Waals surface area contributed by atoms with Gasteiger partial charge in [-0.1, -0.05) is 34.9 Å². The van der Waals surface area contributed by atoms with Crippen LogP contribution in [0, 0.1) is 0 Å². The fraction of sp³-hybridized carbons (Fsp3) is 0.367. The average molecular weight is 509 g/mol. The summed E-state index contributed by atoms with van der Waals surface area (Å²) in [7, 11) is 0. The van der Waals surface area contributed by atoms with Gasteiger partial charge in [0.25, 0.3) is 0 Å². The van der Waals surface area contributed by atoms with E-state index in [2.05, 4.69) is 6.08 Å². The van der Waals surface area contributed by atoms with Crippen LogP contribution in [-0.2, 0) is 12.8 Å². The third kappa shape index (κ3) is 6.35. The Labute approximate surface area is 217 Å². The predicted molar refractivity (Wildman–Crippen MR) is 143 cm³/mol. The highest BCUT2D eigenvalue weighted by molar-refractivity contribution is 6.05. The summed E-state index contributed by atoms with van der Waals surface area (Å²) in [6, 6.07) is 3.69. The number of phenols is 4. The van der Waals surface area contributed by atoms with E-state index < -0.39 is 23.7 Å². The van der Waals surface area contributed by atoms with Crippen molar-refractivity contribution in [1.29, 1.82) is 0 Å². The smallest absolute Gasteiger partial charge is 0.202 e. The predicted octanol–water partition coefficient (Wildman–Crippen LogP) is 5.93. The lowest BCUT2D eigenvalue weighted by Crippen LogP contribution is -2.36. The van der Waals surface area contributed by atoms with E-state index in [1.807, 2.05) is 46.8 Å². The lowest BCUT2D eigenvalue weighted by molar-refractivity contribution is 0.0202. The van der Waals surface area contributed by atoms with Gasteiger partial charge in [-0.2, -0.15) is 0 Å². The molecule has 2 unspecified atom stereocenters. The van der Waals surface area contributed by atoms with Gasteiger partial charge in [-0.25, -0.2) is 0 Å². The second-order valence-electron chi connectivity index (χ2n) is 10.0. The van der Waals surface area contributed by atoms with Gasteiger partial charge < -0.3 is 30.3 Å². The Hall–Kier alpha value is -3.71. The molecule has 2 atom stereocenters. The number of Topliss-reactive ketones (excluding diaryl/α,β-unsaturated/α-hetero) is 1.